The van der Waals surface area contributed by atoms with E-state index in [1.54, 1.807) is 18.2 Å². The number of nitrogens with zero attached hydrogens (tertiary/aromatic N) is 1. The van der Waals surface area contributed by atoms with Gasteiger partial charge < -0.3 is 10.3 Å². The van der Waals surface area contributed by atoms with Crippen LogP contribution < -0.4 is 5.32 Å². The molecular weight excluding hydrogens is 437 g/mol. The second-order valence-corrected chi connectivity index (χ2v) is 8.10. The van der Waals surface area contributed by atoms with E-state index in [9.17, 15) is 9.18 Å². The molecule has 0 aliphatic carbocycles. The van der Waals surface area contributed by atoms with E-state index < -0.39 is 0 Å². The van der Waals surface area contributed by atoms with Crippen LogP contribution in [0.25, 0.3) is 39.1 Å². The maximum atomic E-state index is 13.0. The van der Waals surface area contributed by atoms with Crippen molar-refractivity contribution in [2.24, 2.45) is 0 Å². The van der Waals surface area contributed by atoms with Crippen LogP contribution in [0.1, 0.15) is 11.3 Å². The highest BCUT2D eigenvalue weighted by Gasteiger charge is 2.14. The maximum Gasteiger partial charge on any atom is 0.244 e. The number of aromatic amines is 1. The highest BCUT2D eigenvalue weighted by molar-refractivity contribution is 6.30. The molecule has 0 bridgehead atoms. The van der Waals surface area contributed by atoms with Crippen LogP contribution in [0.15, 0.2) is 84.9 Å². The number of carbonyl (C=O) groups excluding carboxylic acids is 1. The van der Waals surface area contributed by atoms with Crippen LogP contribution in [0.5, 0.6) is 0 Å². The van der Waals surface area contributed by atoms with E-state index in [0.717, 1.165) is 44.3 Å². The number of fused-ring (bicyclic) bond motifs is 3. The smallest absolute Gasteiger partial charge is 0.244 e. The average molecular weight is 456 g/mol. The topological polar surface area (TPSA) is 57.8 Å². The number of carbonyl (C=O) groups is 1. The Kier molecular flexibility index (Phi) is 5.63. The van der Waals surface area contributed by atoms with Crippen LogP contribution in [0.2, 0.25) is 5.02 Å². The van der Waals surface area contributed by atoms with E-state index in [2.05, 4.69) is 16.4 Å². The molecule has 5 aromatic rings. The summed E-state index contributed by atoms with van der Waals surface area (Å²) in [5.74, 6) is -0.569. The highest BCUT2D eigenvalue weighted by atomic mass is 35.5. The summed E-state index contributed by atoms with van der Waals surface area (Å²) in [6.45, 7) is 0.266. The van der Waals surface area contributed by atoms with Crippen molar-refractivity contribution in [3.8, 4) is 11.3 Å². The number of para-hydroxylation sites is 1. The molecule has 0 saturated carbocycles. The quantitative estimate of drug-likeness (QED) is 0.297. The van der Waals surface area contributed by atoms with Gasteiger partial charge in [0.1, 0.15) is 5.82 Å². The van der Waals surface area contributed by atoms with Crippen molar-refractivity contribution >= 4 is 45.4 Å². The van der Waals surface area contributed by atoms with Crippen molar-refractivity contribution < 1.29 is 9.18 Å². The summed E-state index contributed by atoms with van der Waals surface area (Å²) in [7, 11) is 0. The Morgan fingerprint density at radius 2 is 1.76 bits per heavy atom. The molecule has 1 amide bonds. The summed E-state index contributed by atoms with van der Waals surface area (Å²) in [4.78, 5) is 20.7. The third-order valence-corrected chi connectivity index (χ3v) is 5.66. The summed E-state index contributed by atoms with van der Waals surface area (Å²) >= 11 is 6.08. The molecule has 3 aromatic carbocycles. The summed E-state index contributed by atoms with van der Waals surface area (Å²) in [5, 5.41) is 5.67. The van der Waals surface area contributed by atoms with Gasteiger partial charge in [-0.15, -0.1) is 0 Å². The Morgan fingerprint density at radius 1 is 1.00 bits per heavy atom. The van der Waals surface area contributed by atoms with Gasteiger partial charge in [0.25, 0.3) is 0 Å². The molecule has 0 radical (unpaired) electrons. The van der Waals surface area contributed by atoms with Crippen LogP contribution in [0, 0.1) is 5.82 Å². The van der Waals surface area contributed by atoms with E-state index >= 15 is 0 Å². The zero-order valence-corrected chi connectivity index (χ0v) is 18.2. The van der Waals surface area contributed by atoms with Gasteiger partial charge in [-0.3, -0.25) is 4.79 Å². The Bertz CT molecular complexity index is 1490. The van der Waals surface area contributed by atoms with Crippen molar-refractivity contribution in [3.63, 3.8) is 0 Å². The molecule has 0 fully saturated rings. The predicted octanol–water partition coefficient (Wildman–Crippen LogP) is 6.51. The van der Waals surface area contributed by atoms with Gasteiger partial charge in [-0.05, 0) is 48.0 Å². The molecule has 4 nitrogen and oxygen atoms in total. The summed E-state index contributed by atoms with van der Waals surface area (Å²) < 4.78 is 13.0. The predicted molar refractivity (Wildman–Crippen MR) is 131 cm³/mol. The number of rotatable bonds is 5. The van der Waals surface area contributed by atoms with Crippen LogP contribution in [-0.2, 0) is 11.3 Å². The van der Waals surface area contributed by atoms with Crippen molar-refractivity contribution in [2.45, 2.75) is 6.54 Å². The van der Waals surface area contributed by atoms with Gasteiger partial charge in [-0.2, -0.15) is 0 Å². The molecule has 0 aliphatic rings. The molecule has 0 aliphatic heterocycles. The first-order valence-corrected chi connectivity index (χ1v) is 10.8. The van der Waals surface area contributed by atoms with E-state index in [-0.39, 0.29) is 18.3 Å². The number of amides is 1. The molecule has 2 heterocycles. The van der Waals surface area contributed by atoms with Gasteiger partial charge in [-0.1, -0.05) is 54.1 Å². The van der Waals surface area contributed by atoms with Crippen LogP contribution in [0.4, 0.5) is 4.39 Å². The van der Waals surface area contributed by atoms with Gasteiger partial charge in [0.15, 0.2) is 0 Å². The lowest BCUT2D eigenvalue weighted by molar-refractivity contribution is -0.116. The summed E-state index contributed by atoms with van der Waals surface area (Å²) in [5.41, 5.74) is 5.17. The van der Waals surface area contributed by atoms with Crippen molar-refractivity contribution in [1.82, 2.24) is 15.3 Å². The minimum atomic E-state index is -0.313. The number of halogens is 2. The number of nitrogens with one attached hydrogen (secondary N) is 2. The molecule has 2 aromatic heterocycles. The fraction of sp³-hybridized carbons (Fsp3) is 0.0370. The number of hydrogen-bond donors (Lipinski definition) is 2. The monoisotopic (exact) mass is 455 g/mol. The lowest BCUT2D eigenvalue weighted by atomic mass is 10.1. The summed E-state index contributed by atoms with van der Waals surface area (Å²) in [6.07, 6.45) is 3.07. The standard InChI is InChI=1S/C27H19ClFN3O/c28-19-10-8-18(9-11-19)26-27-23(22-3-1-2-4-24(22)32-27)15-21(31-26)16-30-25(33)14-7-17-5-12-20(29)13-6-17/h1-15,32H,16H2,(H,30,33)/b14-7+. The molecule has 5 rings (SSSR count). The van der Waals surface area contributed by atoms with Gasteiger partial charge >= 0.3 is 0 Å². The first-order chi connectivity index (χ1) is 16.1. The first kappa shape index (κ1) is 20.9. The molecule has 0 atom stereocenters. The van der Waals surface area contributed by atoms with Crippen molar-refractivity contribution in [1.29, 1.82) is 0 Å². The number of benzene rings is 3. The van der Waals surface area contributed by atoms with Crippen LogP contribution >= 0.6 is 11.6 Å². The van der Waals surface area contributed by atoms with E-state index in [4.69, 9.17) is 16.6 Å². The zero-order chi connectivity index (χ0) is 22.8. The maximum absolute atomic E-state index is 13.0. The Balaban J connectivity index is 1.46. The van der Waals surface area contributed by atoms with Gasteiger partial charge in [0, 0.05) is 33.0 Å². The van der Waals surface area contributed by atoms with Crippen molar-refractivity contribution in [3.05, 3.63) is 107 Å². The van der Waals surface area contributed by atoms with Gasteiger partial charge in [0.05, 0.1) is 23.4 Å². The number of pyridine rings is 1. The van der Waals surface area contributed by atoms with Gasteiger partial charge in [0.2, 0.25) is 5.91 Å². The summed E-state index contributed by atoms with van der Waals surface area (Å²) in [6, 6.07) is 23.6. The zero-order valence-electron chi connectivity index (χ0n) is 17.5. The normalized spacial score (nSPS) is 11.5. The van der Waals surface area contributed by atoms with Crippen LogP contribution in [-0.4, -0.2) is 15.9 Å². The van der Waals surface area contributed by atoms with E-state index in [1.807, 2.05) is 48.5 Å². The largest absolute Gasteiger partial charge is 0.353 e. The second kappa shape index (κ2) is 8.88. The lowest BCUT2D eigenvalue weighted by Gasteiger charge is -2.08. The third-order valence-electron chi connectivity index (χ3n) is 5.41. The van der Waals surface area contributed by atoms with Crippen LogP contribution in [0.3, 0.4) is 0 Å². The molecule has 6 heteroatoms. The lowest BCUT2D eigenvalue weighted by Crippen LogP contribution is -2.21. The van der Waals surface area contributed by atoms with Gasteiger partial charge in [-0.25, -0.2) is 9.37 Å². The number of aromatic nitrogens is 2. The fourth-order valence-electron chi connectivity index (χ4n) is 3.79. The number of H-pyrrole nitrogens is 1. The molecule has 33 heavy (non-hydrogen) atoms. The van der Waals surface area contributed by atoms with E-state index in [0.29, 0.717) is 5.02 Å². The van der Waals surface area contributed by atoms with Crippen molar-refractivity contribution in [2.75, 3.05) is 0 Å². The Labute approximate surface area is 194 Å². The SMILES string of the molecule is O=C(/C=C/c1ccc(F)cc1)NCc1cc2c([nH]c3ccccc32)c(-c2ccc(Cl)cc2)n1. The average Bonchev–Trinajstić information content (AvgIpc) is 3.21. The molecule has 0 spiro atoms. The highest BCUT2D eigenvalue weighted by Crippen LogP contribution is 2.33. The molecular formula is C27H19ClFN3O. The molecule has 2 N–H and O–H groups in total. The second-order valence-electron chi connectivity index (χ2n) is 7.66. The third kappa shape index (κ3) is 4.49. The molecule has 162 valence electrons. The Hall–Kier alpha value is -3.96. The molecule has 0 saturated heterocycles. The van der Waals surface area contributed by atoms with E-state index in [1.165, 1.54) is 18.2 Å². The number of hydrogen-bond acceptors (Lipinski definition) is 2. The molecule has 0 unspecified atom stereocenters. The minimum Gasteiger partial charge on any atom is -0.353 e. The minimum absolute atomic E-state index is 0.256. The Morgan fingerprint density at radius 3 is 2.55 bits per heavy atom. The first-order valence-electron chi connectivity index (χ1n) is 10.4. The fourth-order valence-corrected chi connectivity index (χ4v) is 3.91.